The van der Waals surface area contributed by atoms with Gasteiger partial charge in [0, 0.05) is 6.07 Å². The van der Waals surface area contributed by atoms with E-state index in [1.807, 2.05) is 0 Å². The number of nitro benzene ring substituents is 1. The summed E-state index contributed by atoms with van der Waals surface area (Å²) in [6.45, 7) is 0. The van der Waals surface area contributed by atoms with Gasteiger partial charge < -0.3 is 10.8 Å². The van der Waals surface area contributed by atoms with Gasteiger partial charge in [-0.1, -0.05) is 6.07 Å². The molecule has 6 heteroatoms. The minimum absolute atomic E-state index is 0. The monoisotopic (exact) mass is 196 g/mol. The number of hydrogen-bond acceptors (Lipinski definition) is 4. The van der Waals surface area contributed by atoms with Crippen LogP contribution in [0.5, 0.6) is 5.75 Å². The van der Waals surface area contributed by atoms with Crippen LogP contribution in [0.2, 0.25) is 0 Å². The second kappa shape index (κ2) is 4.49. The van der Waals surface area contributed by atoms with Crippen LogP contribution in [0.3, 0.4) is 0 Å². The molecular formula is C6H8CaN2O3. The fraction of sp³-hybridized carbons (Fsp3) is 0. The second-order valence-corrected chi connectivity index (χ2v) is 1.97. The van der Waals surface area contributed by atoms with E-state index >= 15 is 0 Å². The molecule has 0 aliphatic rings. The van der Waals surface area contributed by atoms with Gasteiger partial charge in [-0.25, -0.2) is 0 Å². The molecular weight excluding hydrogens is 188 g/mol. The number of para-hydroxylation sites is 1. The van der Waals surface area contributed by atoms with Crippen LogP contribution in [-0.4, -0.2) is 47.8 Å². The molecule has 0 unspecified atom stereocenters. The van der Waals surface area contributed by atoms with E-state index < -0.39 is 10.7 Å². The van der Waals surface area contributed by atoms with Gasteiger partial charge in [0.2, 0.25) is 5.75 Å². The first-order valence-corrected chi connectivity index (χ1v) is 2.85. The Balaban J connectivity index is 0.00000121. The Morgan fingerprint density at radius 3 is 2.50 bits per heavy atom. The molecule has 3 N–H and O–H groups in total. The van der Waals surface area contributed by atoms with Crippen molar-refractivity contribution >= 4 is 49.1 Å². The number of aromatic hydroxyl groups is 1. The van der Waals surface area contributed by atoms with Crippen LogP contribution in [0.15, 0.2) is 18.2 Å². The summed E-state index contributed by atoms with van der Waals surface area (Å²) in [4.78, 5) is 9.48. The molecule has 0 aromatic heterocycles. The van der Waals surface area contributed by atoms with E-state index in [0.717, 1.165) is 0 Å². The number of benzene rings is 1. The molecule has 0 saturated carbocycles. The van der Waals surface area contributed by atoms with Gasteiger partial charge >= 0.3 is 43.4 Å². The maximum atomic E-state index is 10.2. The zero-order valence-electron chi connectivity index (χ0n) is 5.52. The van der Waals surface area contributed by atoms with E-state index in [-0.39, 0.29) is 49.1 Å². The van der Waals surface area contributed by atoms with Crippen molar-refractivity contribution in [1.29, 1.82) is 0 Å². The van der Waals surface area contributed by atoms with Crippen molar-refractivity contribution < 1.29 is 10.0 Å². The van der Waals surface area contributed by atoms with Gasteiger partial charge in [-0.2, -0.15) is 0 Å². The Morgan fingerprint density at radius 1 is 1.50 bits per heavy atom. The van der Waals surface area contributed by atoms with E-state index in [4.69, 9.17) is 10.8 Å². The van der Waals surface area contributed by atoms with E-state index in [9.17, 15) is 10.1 Å². The van der Waals surface area contributed by atoms with Crippen molar-refractivity contribution in [2.24, 2.45) is 0 Å². The molecule has 0 saturated heterocycles. The number of phenolic OH excluding ortho intramolecular Hbond substituents is 1. The third-order valence-electron chi connectivity index (χ3n) is 1.24. The first-order chi connectivity index (χ1) is 5.13. The standard InChI is InChI=1S/C6H6N2O3.Ca.2H/c7-4-2-1-3-5(6(4)9)8(10)11;;;/h1-3,9H,7H2;;;. The van der Waals surface area contributed by atoms with Gasteiger partial charge in [0.05, 0.1) is 10.6 Å². The van der Waals surface area contributed by atoms with Crippen molar-refractivity contribution in [2.45, 2.75) is 0 Å². The first-order valence-electron chi connectivity index (χ1n) is 2.85. The Morgan fingerprint density at radius 2 is 2.08 bits per heavy atom. The molecule has 0 atom stereocenters. The van der Waals surface area contributed by atoms with Crippen molar-refractivity contribution in [1.82, 2.24) is 0 Å². The van der Waals surface area contributed by atoms with Crippen molar-refractivity contribution in [2.75, 3.05) is 5.73 Å². The Hall–Kier alpha value is -0.520. The average Bonchev–Trinajstić information content (AvgIpc) is 1.94. The summed E-state index contributed by atoms with van der Waals surface area (Å²) in [7, 11) is 0. The third-order valence-corrected chi connectivity index (χ3v) is 1.24. The third kappa shape index (κ3) is 2.23. The summed E-state index contributed by atoms with van der Waals surface area (Å²) in [6.07, 6.45) is 0. The SMILES string of the molecule is Nc1cccc([N+](=O)[O-])c1O.[CaH2]. The molecule has 0 spiro atoms. The minimum atomic E-state index is -0.689. The normalized spacial score (nSPS) is 8.67. The van der Waals surface area contributed by atoms with Crippen LogP contribution < -0.4 is 5.73 Å². The molecule has 0 amide bonds. The zero-order valence-corrected chi connectivity index (χ0v) is 5.52. The molecule has 0 fully saturated rings. The molecule has 1 aromatic rings. The predicted molar refractivity (Wildman–Crippen MR) is 47.7 cm³/mol. The van der Waals surface area contributed by atoms with Crippen LogP contribution in [0, 0.1) is 10.1 Å². The van der Waals surface area contributed by atoms with Crippen LogP contribution >= 0.6 is 0 Å². The zero-order chi connectivity index (χ0) is 8.43. The molecule has 0 aliphatic heterocycles. The quantitative estimate of drug-likeness (QED) is 0.217. The summed E-state index contributed by atoms with van der Waals surface area (Å²) < 4.78 is 0. The summed E-state index contributed by atoms with van der Waals surface area (Å²) in [5.74, 6) is -0.475. The number of rotatable bonds is 1. The van der Waals surface area contributed by atoms with Crippen LogP contribution in [0.4, 0.5) is 11.4 Å². The van der Waals surface area contributed by atoms with Gasteiger partial charge in [0.25, 0.3) is 0 Å². The fourth-order valence-corrected chi connectivity index (χ4v) is 0.696. The summed E-state index contributed by atoms with van der Waals surface area (Å²) in [5, 5.41) is 19.2. The van der Waals surface area contributed by atoms with Gasteiger partial charge in [-0.3, -0.25) is 10.1 Å². The number of anilines is 1. The molecule has 62 valence electrons. The maximum absolute atomic E-state index is 10.2. The van der Waals surface area contributed by atoms with E-state index in [1.54, 1.807) is 0 Å². The van der Waals surface area contributed by atoms with Gasteiger partial charge in [-0.15, -0.1) is 0 Å². The average molecular weight is 196 g/mol. The molecule has 0 heterocycles. The van der Waals surface area contributed by atoms with Crippen LogP contribution in [0.1, 0.15) is 0 Å². The van der Waals surface area contributed by atoms with Crippen LogP contribution in [0.25, 0.3) is 0 Å². The molecule has 1 aromatic carbocycles. The number of phenols is 1. The van der Waals surface area contributed by atoms with Gasteiger partial charge in [0.1, 0.15) is 0 Å². The molecule has 12 heavy (non-hydrogen) atoms. The topological polar surface area (TPSA) is 89.4 Å². The van der Waals surface area contributed by atoms with Gasteiger partial charge in [-0.05, 0) is 6.07 Å². The van der Waals surface area contributed by atoms with Crippen molar-refractivity contribution in [3.8, 4) is 5.75 Å². The molecule has 0 aliphatic carbocycles. The van der Waals surface area contributed by atoms with Crippen LogP contribution in [-0.2, 0) is 0 Å². The summed E-state index contributed by atoms with van der Waals surface area (Å²) in [6, 6.07) is 3.99. The van der Waals surface area contributed by atoms with E-state index in [1.165, 1.54) is 18.2 Å². The number of nitro groups is 1. The Kier molecular flexibility index (Phi) is 4.30. The van der Waals surface area contributed by atoms with Gasteiger partial charge in [0.15, 0.2) is 0 Å². The fourth-order valence-electron chi connectivity index (χ4n) is 0.696. The van der Waals surface area contributed by atoms with E-state index in [2.05, 4.69) is 0 Å². The first kappa shape index (κ1) is 11.5. The second-order valence-electron chi connectivity index (χ2n) is 1.97. The molecule has 1 rings (SSSR count). The Bertz CT molecular complexity index is 303. The predicted octanol–water partition coefficient (Wildman–Crippen LogP) is -0.0336. The molecule has 0 radical (unpaired) electrons. The number of nitrogens with zero attached hydrogens (tertiary/aromatic N) is 1. The van der Waals surface area contributed by atoms with Crippen molar-refractivity contribution in [3.63, 3.8) is 0 Å². The molecule has 0 bridgehead atoms. The van der Waals surface area contributed by atoms with E-state index in [0.29, 0.717) is 0 Å². The summed E-state index contributed by atoms with van der Waals surface area (Å²) in [5.41, 5.74) is 4.85. The number of nitrogen functional groups attached to an aromatic ring is 1. The Labute approximate surface area is 98.3 Å². The van der Waals surface area contributed by atoms with Crippen molar-refractivity contribution in [3.05, 3.63) is 28.3 Å². The number of hydrogen-bond donors (Lipinski definition) is 2. The molecule has 5 nitrogen and oxygen atoms in total. The summed E-state index contributed by atoms with van der Waals surface area (Å²) >= 11 is 0. The number of nitrogens with two attached hydrogens (primary N) is 1.